The zero-order chi connectivity index (χ0) is 15.1. The first-order valence-corrected chi connectivity index (χ1v) is 6.65. The highest BCUT2D eigenvalue weighted by Gasteiger charge is 2.18. The van der Waals surface area contributed by atoms with Crippen LogP contribution in [0.25, 0.3) is 0 Å². The Bertz CT molecular complexity index is 512. The normalized spacial score (nSPS) is 10.2. The van der Waals surface area contributed by atoms with E-state index in [1.807, 2.05) is 19.9 Å². The van der Waals surface area contributed by atoms with Gasteiger partial charge in [-0.15, -0.1) is 0 Å². The fraction of sp³-hybridized carbons (Fsp3) is 0.462. The van der Waals surface area contributed by atoms with Crippen molar-refractivity contribution in [2.24, 2.45) is 11.8 Å². The molecule has 0 spiro atoms. The number of hydrogen-bond donors (Lipinski definition) is 2. The van der Waals surface area contributed by atoms with Crippen molar-refractivity contribution < 1.29 is 4.79 Å². The quantitative estimate of drug-likeness (QED) is 0.618. The molecular weight excluding hydrogens is 278 g/mol. The van der Waals surface area contributed by atoms with Crippen molar-refractivity contribution in [3.63, 3.8) is 0 Å². The fourth-order valence-electron chi connectivity index (χ4n) is 1.75. The average molecular weight is 296 g/mol. The van der Waals surface area contributed by atoms with Gasteiger partial charge in [0, 0.05) is 19.3 Å². The highest BCUT2D eigenvalue weighted by Crippen LogP contribution is 2.20. The fourth-order valence-corrected chi connectivity index (χ4v) is 1.97. The molecule has 108 valence electrons. The lowest BCUT2D eigenvalue weighted by Gasteiger charge is -2.23. The number of nitriles is 1. The number of halogens is 1. The monoisotopic (exact) mass is 295 g/mol. The average Bonchev–Trinajstić information content (AvgIpc) is 2.42. The zero-order valence-corrected chi connectivity index (χ0v) is 12.3. The summed E-state index contributed by atoms with van der Waals surface area (Å²) in [5, 5.41) is 8.95. The lowest BCUT2D eigenvalue weighted by Crippen LogP contribution is -2.35. The van der Waals surface area contributed by atoms with E-state index in [4.69, 9.17) is 22.7 Å². The maximum absolute atomic E-state index is 12.4. The molecule has 0 aliphatic heterocycles. The predicted molar refractivity (Wildman–Crippen MR) is 78.0 cm³/mol. The molecule has 0 aromatic carbocycles. The van der Waals surface area contributed by atoms with Gasteiger partial charge in [0.15, 0.2) is 5.82 Å². The van der Waals surface area contributed by atoms with Crippen LogP contribution in [-0.2, 0) is 0 Å². The van der Waals surface area contributed by atoms with Crippen LogP contribution in [0.5, 0.6) is 0 Å². The third kappa shape index (κ3) is 4.37. The van der Waals surface area contributed by atoms with E-state index < -0.39 is 0 Å². The number of nitrogens with zero attached hydrogens (tertiary/aromatic N) is 3. The van der Waals surface area contributed by atoms with Crippen LogP contribution in [0.15, 0.2) is 12.3 Å². The number of carbonyl (C=O) groups excluding carboxylic acids is 1. The Labute approximate surface area is 123 Å². The third-order valence-electron chi connectivity index (χ3n) is 2.59. The van der Waals surface area contributed by atoms with Gasteiger partial charge in [-0.05, 0) is 12.0 Å². The number of rotatable bonds is 6. The first-order valence-electron chi connectivity index (χ1n) is 6.28. The van der Waals surface area contributed by atoms with Crippen LogP contribution >= 0.6 is 11.6 Å². The Hall–Kier alpha value is -1.84. The van der Waals surface area contributed by atoms with Crippen molar-refractivity contribution in [2.45, 2.75) is 20.3 Å². The number of nitrogens with one attached hydrogen (secondary N) is 1. The van der Waals surface area contributed by atoms with E-state index in [0.29, 0.717) is 36.8 Å². The minimum absolute atomic E-state index is 0.188. The molecule has 0 aliphatic carbocycles. The summed E-state index contributed by atoms with van der Waals surface area (Å²) in [6.07, 6.45) is 1.71. The van der Waals surface area contributed by atoms with E-state index in [0.717, 1.165) is 0 Å². The summed E-state index contributed by atoms with van der Waals surface area (Å²) < 4.78 is 0. The van der Waals surface area contributed by atoms with E-state index in [2.05, 4.69) is 10.4 Å². The summed E-state index contributed by atoms with van der Waals surface area (Å²) in [7, 11) is 0. The number of nitrogen functional groups attached to an aromatic ring is 1. The Morgan fingerprint density at radius 3 is 2.85 bits per heavy atom. The molecule has 6 nitrogen and oxygen atoms in total. The number of nitrogens with two attached hydrogens (primary N) is 1. The van der Waals surface area contributed by atoms with Gasteiger partial charge in [-0.3, -0.25) is 4.79 Å². The lowest BCUT2D eigenvalue weighted by atomic mass is 10.1. The maximum atomic E-state index is 12.4. The molecule has 0 bridgehead atoms. The summed E-state index contributed by atoms with van der Waals surface area (Å²) in [6, 6.07) is 3.56. The van der Waals surface area contributed by atoms with Gasteiger partial charge in [0.2, 0.25) is 0 Å². The highest BCUT2D eigenvalue weighted by molar-refractivity contribution is 6.33. The number of hydrogen-bond acceptors (Lipinski definition) is 5. The molecule has 0 aliphatic rings. The van der Waals surface area contributed by atoms with Crippen LogP contribution in [-0.4, -0.2) is 28.9 Å². The van der Waals surface area contributed by atoms with Crippen molar-refractivity contribution in [3.05, 3.63) is 22.8 Å². The molecule has 0 saturated carbocycles. The first-order chi connectivity index (χ1) is 9.49. The standard InChI is InChI=1S/C13H18ClN5O/c1-9(2)8-19(5-3-4-15)13(20)10-6-11(14)12(18-16)17-7-10/h6-7,9H,3,5,8,16H2,1-2H3,(H,17,18). The second-order valence-electron chi connectivity index (χ2n) is 4.75. The van der Waals surface area contributed by atoms with Crippen molar-refractivity contribution in [2.75, 3.05) is 18.5 Å². The molecule has 1 amide bonds. The second-order valence-corrected chi connectivity index (χ2v) is 5.16. The van der Waals surface area contributed by atoms with Gasteiger partial charge >= 0.3 is 0 Å². The first kappa shape index (κ1) is 16.2. The third-order valence-corrected chi connectivity index (χ3v) is 2.88. The minimum atomic E-state index is -0.188. The number of hydrazine groups is 1. The Morgan fingerprint density at radius 2 is 2.35 bits per heavy atom. The van der Waals surface area contributed by atoms with E-state index in [1.165, 1.54) is 12.3 Å². The van der Waals surface area contributed by atoms with Gasteiger partial charge in [0.05, 0.1) is 23.1 Å². The van der Waals surface area contributed by atoms with Crippen LogP contribution in [0.1, 0.15) is 30.6 Å². The summed E-state index contributed by atoms with van der Waals surface area (Å²) in [5.74, 6) is 5.68. The molecule has 1 rings (SSSR count). The summed E-state index contributed by atoms with van der Waals surface area (Å²) >= 11 is 5.96. The summed E-state index contributed by atoms with van der Waals surface area (Å²) in [4.78, 5) is 18.0. The SMILES string of the molecule is CC(C)CN(CCC#N)C(=O)c1cnc(NN)c(Cl)c1. The van der Waals surface area contributed by atoms with Gasteiger partial charge < -0.3 is 10.3 Å². The van der Waals surface area contributed by atoms with E-state index >= 15 is 0 Å². The molecule has 0 fully saturated rings. The molecule has 0 atom stereocenters. The number of carbonyl (C=O) groups is 1. The van der Waals surface area contributed by atoms with Gasteiger partial charge in [-0.2, -0.15) is 5.26 Å². The van der Waals surface area contributed by atoms with Crippen molar-refractivity contribution >= 4 is 23.3 Å². The van der Waals surface area contributed by atoms with Crippen LogP contribution in [0.4, 0.5) is 5.82 Å². The predicted octanol–water partition coefficient (Wildman–Crippen LogP) is 2.03. The van der Waals surface area contributed by atoms with Crippen molar-refractivity contribution in [1.29, 1.82) is 5.26 Å². The number of pyridine rings is 1. The Kier molecular flexibility index (Phi) is 6.22. The Morgan fingerprint density at radius 1 is 1.65 bits per heavy atom. The van der Waals surface area contributed by atoms with Crippen LogP contribution < -0.4 is 11.3 Å². The van der Waals surface area contributed by atoms with Gasteiger partial charge in [0.25, 0.3) is 5.91 Å². The van der Waals surface area contributed by atoms with Crippen LogP contribution in [0, 0.1) is 17.2 Å². The highest BCUT2D eigenvalue weighted by atomic mass is 35.5. The smallest absolute Gasteiger partial charge is 0.255 e. The topological polar surface area (TPSA) is 95.0 Å². The molecular formula is C13H18ClN5O. The molecule has 0 saturated heterocycles. The van der Waals surface area contributed by atoms with E-state index in [1.54, 1.807) is 4.90 Å². The summed E-state index contributed by atoms with van der Waals surface area (Å²) in [5.41, 5.74) is 2.73. The molecule has 1 aromatic rings. The molecule has 0 radical (unpaired) electrons. The molecule has 7 heteroatoms. The second kappa shape index (κ2) is 7.68. The minimum Gasteiger partial charge on any atom is -0.337 e. The number of anilines is 1. The maximum Gasteiger partial charge on any atom is 0.255 e. The van der Waals surface area contributed by atoms with E-state index in [-0.39, 0.29) is 10.9 Å². The molecule has 1 heterocycles. The van der Waals surface area contributed by atoms with Gasteiger partial charge in [-0.1, -0.05) is 25.4 Å². The number of aromatic nitrogens is 1. The molecule has 1 aromatic heterocycles. The summed E-state index contributed by atoms with van der Waals surface area (Å²) in [6.45, 7) is 5.00. The Balaban J connectivity index is 2.93. The molecule has 3 N–H and O–H groups in total. The molecule has 0 unspecified atom stereocenters. The van der Waals surface area contributed by atoms with E-state index in [9.17, 15) is 4.79 Å². The van der Waals surface area contributed by atoms with Crippen molar-refractivity contribution in [1.82, 2.24) is 9.88 Å². The van der Waals surface area contributed by atoms with Crippen LogP contribution in [0.3, 0.4) is 0 Å². The molecule has 20 heavy (non-hydrogen) atoms. The van der Waals surface area contributed by atoms with Gasteiger partial charge in [-0.25, -0.2) is 10.8 Å². The lowest BCUT2D eigenvalue weighted by molar-refractivity contribution is 0.0739. The van der Waals surface area contributed by atoms with Crippen molar-refractivity contribution in [3.8, 4) is 6.07 Å². The van der Waals surface area contributed by atoms with Crippen LogP contribution in [0.2, 0.25) is 5.02 Å². The zero-order valence-electron chi connectivity index (χ0n) is 11.6. The number of amides is 1. The largest absolute Gasteiger partial charge is 0.337 e. The van der Waals surface area contributed by atoms with Gasteiger partial charge in [0.1, 0.15) is 0 Å².